The van der Waals surface area contributed by atoms with Gasteiger partial charge in [0.2, 0.25) is 5.91 Å². The molecule has 0 spiro atoms. The van der Waals surface area contributed by atoms with Crippen LogP contribution in [0.3, 0.4) is 0 Å². The number of carbonyl (C=O) groups excluding carboxylic acids is 2. The Hall–Kier alpha value is -2.64. The summed E-state index contributed by atoms with van der Waals surface area (Å²) < 4.78 is 0. The van der Waals surface area contributed by atoms with Crippen molar-refractivity contribution in [1.82, 2.24) is 5.32 Å². The lowest BCUT2D eigenvalue weighted by Gasteiger charge is -2.22. The van der Waals surface area contributed by atoms with Gasteiger partial charge in [-0.2, -0.15) is 0 Å². The van der Waals surface area contributed by atoms with E-state index in [-0.39, 0.29) is 22.2 Å². The Morgan fingerprint density at radius 1 is 1.07 bits per heavy atom. The Balaban J connectivity index is 2.17. The van der Waals surface area contributed by atoms with Gasteiger partial charge in [0.15, 0.2) is 0 Å². The summed E-state index contributed by atoms with van der Waals surface area (Å²) in [5.41, 5.74) is 1.20. The summed E-state index contributed by atoms with van der Waals surface area (Å²) in [5.74, 6) is -1.24. The van der Waals surface area contributed by atoms with E-state index in [2.05, 4.69) is 10.6 Å². The summed E-state index contributed by atoms with van der Waals surface area (Å²) in [7, 11) is 0. The number of nitro benzene ring substituents is 1. The minimum atomic E-state index is -0.848. The molecule has 2 aromatic rings. The fourth-order valence-electron chi connectivity index (χ4n) is 2.45. The summed E-state index contributed by atoms with van der Waals surface area (Å²) in [6.07, 6.45) is 0. The minimum Gasteiger partial charge on any atom is -0.340 e. The third kappa shape index (κ3) is 5.21. The first-order valence-electron chi connectivity index (χ1n) is 8.42. The van der Waals surface area contributed by atoms with Crippen molar-refractivity contribution in [2.45, 2.75) is 26.8 Å². The van der Waals surface area contributed by atoms with Gasteiger partial charge in [0.1, 0.15) is 6.04 Å². The average molecular weight is 424 g/mol. The predicted octanol–water partition coefficient (Wildman–Crippen LogP) is 4.60. The fourth-order valence-corrected chi connectivity index (χ4v) is 2.89. The zero-order valence-electron chi connectivity index (χ0n) is 15.5. The van der Waals surface area contributed by atoms with Crippen molar-refractivity contribution >= 4 is 46.4 Å². The van der Waals surface area contributed by atoms with E-state index in [1.165, 1.54) is 12.1 Å². The molecule has 9 heteroatoms. The fraction of sp³-hybridized carbons (Fsp3) is 0.263. The molecule has 1 atom stereocenters. The van der Waals surface area contributed by atoms with Crippen LogP contribution >= 0.6 is 23.2 Å². The number of nitrogens with zero attached hydrogens (tertiary/aromatic N) is 1. The standard InChI is InChI=1S/C19H19Cl2N3O4/c1-10(2)17(19(26)22-12-5-4-11(3)15(20)8-12)23-18(25)14-7-6-13(24(27)28)9-16(14)21/h4-10,17H,1-3H3,(H,22,26)(H,23,25)/t17-/m0/s1. The summed E-state index contributed by atoms with van der Waals surface area (Å²) in [6.45, 7) is 5.41. The second-order valence-corrected chi connectivity index (χ2v) is 7.38. The quantitative estimate of drug-likeness (QED) is 0.523. The number of non-ortho nitro benzene ring substituents is 1. The van der Waals surface area contributed by atoms with Gasteiger partial charge >= 0.3 is 0 Å². The molecule has 0 radical (unpaired) electrons. The molecule has 148 valence electrons. The molecule has 0 aromatic heterocycles. The van der Waals surface area contributed by atoms with Gasteiger partial charge in [-0.3, -0.25) is 19.7 Å². The SMILES string of the molecule is Cc1ccc(NC(=O)[C@@H](NC(=O)c2ccc([N+](=O)[O-])cc2Cl)C(C)C)cc1Cl. The number of nitro groups is 1. The zero-order chi connectivity index (χ0) is 21.0. The monoisotopic (exact) mass is 423 g/mol. The molecule has 0 bridgehead atoms. The minimum absolute atomic E-state index is 0.0455. The first-order chi connectivity index (χ1) is 13.1. The van der Waals surface area contributed by atoms with Crippen LogP contribution in [0.15, 0.2) is 36.4 Å². The van der Waals surface area contributed by atoms with Crippen molar-refractivity contribution in [1.29, 1.82) is 0 Å². The number of benzene rings is 2. The molecule has 0 aliphatic heterocycles. The van der Waals surface area contributed by atoms with E-state index >= 15 is 0 Å². The molecule has 7 nitrogen and oxygen atoms in total. The van der Waals surface area contributed by atoms with Gasteiger partial charge in [-0.15, -0.1) is 0 Å². The molecule has 0 aliphatic rings. The Morgan fingerprint density at radius 2 is 1.75 bits per heavy atom. The Labute approximate surface area is 172 Å². The topological polar surface area (TPSA) is 101 Å². The molecular formula is C19H19Cl2N3O4. The smallest absolute Gasteiger partial charge is 0.270 e. The number of anilines is 1. The number of hydrogen-bond acceptors (Lipinski definition) is 4. The van der Waals surface area contributed by atoms with E-state index in [1.807, 2.05) is 6.92 Å². The van der Waals surface area contributed by atoms with E-state index in [4.69, 9.17) is 23.2 Å². The first kappa shape index (κ1) is 21.7. The maximum atomic E-state index is 12.7. The van der Waals surface area contributed by atoms with E-state index in [9.17, 15) is 19.7 Å². The molecule has 0 saturated heterocycles. The van der Waals surface area contributed by atoms with Crippen molar-refractivity contribution in [2.24, 2.45) is 5.92 Å². The van der Waals surface area contributed by atoms with Gasteiger partial charge in [-0.1, -0.05) is 43.1 Å². The molecule has 2 N–H and O–H groups in total. The molecule has 2 rings (SSSR count). The van der Waals surface area contributed by atoms with Crippen LogP contribution in [-0.4, -0.2) is 22.8 Å². The van der Waals surface area contributed by atoms with Crippen molar-refractivity contribution < 1.29 is 14.5 Å². The Kier molecular flexibility index (Phi) is 6.99. The lowest BCUT2D eigenvalue weighted by molar-refractivity contribution is -0.384. The highest BCUT2D eigenvalue weighted by Crippen LogP contribution is 2.23. The molecule has 0 fully saturated rings. The van der Waals surface area contributed by atoms with Gasteiger partial charge < -0.3 is 10.6 Å². The van der Waals surface area contributed by atoms with E-state index in [0.717, 1.165) is 11.6 Å². The molecule has 0 aliphatic carbocycles. The summed E-state index contributed by atoms with van der Waals surface area (Å²) in [6, 6.07) is 7.79. The van der Waals surface area contributed by atoms with Crippen molar-refractivity contribution in [3.63, 3.8) is 0 Å². The maximum absolute atomic E-state index is 12.7. The second-order valence-electron chi connectivity index (χ2n) is 6.57. The highest BCUT2D eigenvalue weighted by molar-refractivity contribution is 6.34. The maximum Gasteiger partial charge on any atom is 0.270 e. The van der Waals surface area contributed by atoms with Crippen LogP contribution in [0.1, 0.15) is 29.8 Å². The molecule has 2 amide bonds. The van der Waals surface area contributed by atoms with Crippen LogP contribution in [-0.2, 0) is 4.79 Å². The number of rotatable bonds is 6. The van der Waals surface area contributed by atoms with Gasteiger partial charge in [0.25, 0.3) is 11.6 Å². The van der Waals surface area contributed by atoms with Crippen LogP contribution < -0.4 is 10.6 Å². The molecule has 2 aromatic carbocycles. The van der Waals surface area contributed by atoms with Crippen LogP contribution in [0, 0.1) is 23.0 Å². The normalized spacial score (nSPS) is 11.8. The molecule has 0 saturated carbocycles. The molecule has 0 heterocycles. The van der Waals surface area contributed by atoms with Crippen LogP contribution in [0.2, 0.25) is 10.0 Å². The van der Waals surface area contributed by atoms with Gasteiger partial charge in [-0.25, -0.2) is 0 Å². The van der Waals surface area contributed by atoms with Gasteiger partial charge in [0, 0.05) is 22.8 Å². The van der Waals surface area contributed by atoms with E-state index in [0.29, 0.717) is 10.7 Å². The van der Waals surface area contributed by atoms with Crippen molar-refractivity contribution in [2.75, 3.05) is 5.32 Å². The lowest BCUT2D eigenvalue weighted by Crippen LogP contribution is -2.47. The van der Waals surface area contributed by atoms with Crippen LogP contribution in [0.25, 0.3) is 0 Å². The first-order valence-corrected chi connectivity index (χ1v) is 9.17. The van der Waals surface area contributed by atoms with Gasteiger partial charge in [-0.05, 0) is 36.6 Å². The summed E-state index contributed by atoms with van der Waals surface area (Å²) in [5, 5.41) is 16.6. The zero-order valence-corrected chi connectivity index (χ0v) is 17.0. The predicted molar refractivity (Wildman–Crippen MR) is 109 cm³/mol. The third-order valence-electron chi connectivity index (χ3n) is 4.08. The Morgan fingerprint density at radius 3 is 2.29 bits per heavy atom. The molecular weight excluding hydrogens is 405 g/mol. The number of hydrogen-bond donors (Lipinski definition) is 2. The summed E-state index contributed by atoms with van der Waals surface area (Å²) in [4.78, 5) is 35.4. The van der Waals surface area contributed by atoms with Crippen LogP contribution in [0.5, 0.6) is 0 Å². The van der Waals surface area contributed by atoms with Crippen LogP contribution in [0.4, 0.5) is 11.4 Å². The number of carbonyl (C=O) groups is 2. The average Bonchev–Trinajstić information content (AvgIpc) is 2.62. The second kappa shape index (κ2) is 9.03. The molecule has 28 heavy (non-hydrogen) atoms. The molecule has 0 unspecified atom stereocenters. The van der Waals surface area contributed by atoms with Crippen molar-refractivity contribution in [3.05, 3.63) is 67.7 Å². The number of amides is 2. The highest BCUT2D eigenvalue weighted by Gasteiger charge is 2.26. The van der Waals surface area contributed by atoms with E-state index in [1.54, 1.807) is 32.0 Å². The highest BCUT2D eigenvalue weighted by atomic mass is 35.5. The van der Waals surface area contributed by atoms with Gasteiger partial charge in [0.05, 0.1) is 15.5 Å². The third-order valence-corrected chi connectivity index (χ3v) is 4.80. The van der Waals surface area contributed by atoms with E-state index < -0.39 is 22.8 Å². The number of nitrogens with one attached hydrogen (secondary N) is 2. The van der Waals surface area contributed by atoms with Crippen molar-refractivity contribution in [3.8, 4) is 0 Å². The number of aryl methyl sites for hydroxylation is 1. The largest absolute Gasteiger partial charge is 0.340 e. The lowest BCUT2D eigenvalue weighted by atomic mass is 10.0. The summed E-state index contributed by atoms with van der Waals surface area (Å²) >= 11 is 12.1. The Bertz CT molecular complexity index is 931. The number of halogens is 2.